The Balaban J connectivity index is 1.83. The topological polar surface area (TPSA) is 21.3 Å². The Labute approximate surface area is 111 Å². The first-order valence-electron chi connectivity index (χ1n) is 6.47. The van der Waals surface area contributed by atoms with Crippen LogP contribution in [0.4, 0.5) is 13.2 Å². The highest BCUT2D eigenvalue weighted by Gasteiger charge is 2.30. The first kappa shape index (κ1) is 14.3. The fraction of sp³-hybridized carbons (Fsp3) is 0.571. The molecule has 0 amide bonds. The number of nitrogens with one attached hydrogen (secondary N) is 1. The van der Waals surface area contributed by atoms with Gasteiger partial charge in [-0.1, -0.05) is 18.2 Å². The van der Waals surface area contributed by atoms with Gasteiger partial charge in [-0.25, -0.2) is 0 Å². The summed E-state index contributed by atoms with van der Waals surface area (Å²) in [6, 6.07) is 5.41. The molecule has 1 aromatic carbocycles. The average molecular weight is 273 g/mol. The second-order valence-electron chi connectivity index (χ2n) is 4.98. The highest BCUT2D eigenvalue weighted by Crippen LogP contribution is 2.29. The third-order valence-electron chi connectivity index (χ3n) is 3.28. The summed E-state index contributed by atoms with van der Waals surface area (Å²) in [4.78, 5) is 0. The first-order chi connectivity index (χ1) is 8.95. The molecule has 0 spiro atoms. The summed E-state index contributed by atoms with van der Waals surface area (Å²) in [5, 5.41) is 3.15. The van der Waals surface area contributed by atoms with Gasteiger partial charge in [0.2, 0.25) is 0 Å². The van der Waals surface area contributed by atoms with E-state index < -0.39 is 11.7 Å². The molecule has 1 aromatic rings. The number of benzene rings is 1. The maximum absolute atomic E-state index is 12.5. The Hall–Kier alpha value is -1.07. The van der Waals surface area contributed by atoms with E-state index in [2.05, 4.69) is 5.32 Å². The van der Waals surface area contributed by atoms with Crippen LogP contribution in [0, 0.1) is 0 Å². The molecule has 2 unspecified atom stereocenters. The van der Waals surface area contributed by atoms with Crippen LogP contribution >= 0.6 is 0 Å². The fourth-order valence-electron chi connectivity index (χ4n) is 2.27. The van der Waals surface area contributed by atoms with E-state index in [-0.39, 0.29) is 6.10 Å². The highest BCUT2D eigenvalue weighted by molar-refractivity contribution is 5.25. The third kappa shape index (κ3) is 4.21. The minimum absolute atomic E-state index is 0.181. The quantitative estimate of drug-likeness (QED) is 0.908. The molecule has 1 aliphatic heterocycles. The summed E-state index contributed by atoms with van der Waals surface area (Å²) in [7, 11) is 0. The van der Waals surface area contributed by atoms with Crippen molar-refractivity contribution in [2.75, 3.05) is 6.54 Å². The first-order valence-corrected chi connectivity index (χ1v) is 6.47. The molecule has 0 bridgehead atoms. The summed E-state index contributed by atoms with van der Waals surface area (Å²) < 4.78 is 43.2. The van der Waals surface area contributed by atoms with Gasteiger partial charge in [0.1, 0.15) is 0 Å². The van der Waals surface area contributed by atoms with Crippen LogP contribution in [0.2, 0.25) is 0 Å². The van der Waals surface area contributed by atoms with E-state index in [4.69, 9.17) is 4.74 Å². The Morgan fingerprint density at radius 3 is 2.74 bits per heavy atom. The average Bonchev–Trinajstić information content (AvgIpc) is 2.74. The highest BCUT2D eigenvalue weighted by atomic mass is 19.4. The lowest BCUT2D eigenvalue weighted by molar-refractivity contribution is -0.137. The van der Waals surface area contributed by atoms with E-state index in [9.17, 15) is 13.2 Å². The van der Waals surface area contributed by atoms with Crippen molar-refractivity contribution in [1.29, 1.82) is 0 Å². The van der Waals surface area contributed by atoms with Crippen LogP contribution in [0.15, 0.2) is 24.3 Å². The van der Waals surface area contributed by atoms with Gasteiger partial charge < -0.3 is 10.1 Å². The van der Waals surface area contributed by atoms with E-state index in [0.29, 0.717) is 24.8 Å². The van der Waals surface area contributed by atoms with Crippen LogP contribution < -0.4 is 5.32 Å². The van der Waals surface area contributed by atoms with Crippen LogP contribution in [-0.4, -0.2) is 18.8 Å². The number of ether oxygens (including phenoxy) is 1. The Bertz CT molecular complexity index is 419. The second kappa shape index (κ2) is 5.92. The lowest BCUT2D eigenvalue weighted by Gasteiger charge is -2.13. The van der Waals surface area contributed by atoms with E-state index in [1.54, 1.807) is 6.07 Å². The molecule has 2 rings (SSSR count). The lowest BCUT2D eigenvalue weighted by Crippen LogP contribution is -2.26. The predicted octanol–water partition coefficient (Wildman–Crippen LogP) is 3.36. The van der Waals surface area contributed by atoms with Crippen LogP contribution in [0.1, 0.15) is 30.9 Å². The van der Waals surface area contributed by atoms with Gasteiger partial charge in [-0.3, -0.25) is 0 Å². The number of hydrogen-bond acceptors (Lipinski definition) is 2. The van der Waals surface area contributed by atoms with Gasteiger partial charge in [0, 0.05) is 13.1 Å². The normalized spacial score (nSPS) is 23.8. The molecule has 19 heavy (non-hydrogen) atoms. The molecule has 1 N–H and O–H groups in total. The summed E-state index contributed by atoms with van der Waals surface area (Å²) in [6.45, 7) is 3.14. The zero-order valence-electron chi connectivity index (χ0n) is 10.8. The molecule has 2 nitrogen and oxygen atoms in total. The van der Waals surface area contributed by atoms with Crippen LogP contribution in [-0.2, 0) is 17.5 Å². The fourth-order valence-corrected chi connectivity index (χ4v) is 2.27. The van der Waals surface area contributed by atoms with E-state index in [1.807, 2.05) is 6.92 Å². The zero-order chi connectivity index (χ0) is 13.9. The van der Waals surface area contributed by atoms with Crippen molar-refractivity contribution in [2.24, 2.45) is 0 Å². The molecule has 106 valence electrons. The number of rotatable bonds is 4. The van der Waals surface area contributed by atoms with Crippen LogP contribution in [0.25, 0.3) is 0 Å². The van der Waals surface area contributed by atoms with Crippen molar-refractivity contribution in [1.82, 2.24) is 5.32 Å². The van der Waals surface area contributed by atoms with Crippen molar-refractivity contribution in [2.45, 2.75) is 44.7 Å². The van der Waals surface area contributed by atoms with Crippen molar-refractivity contribution >= 4 is 0 Å². The minimum atomic E-state index is -4.28. The van der Waals surface area contributed by atoms with Crippen LogP contribution in [0.5, 0.6) is 0 Å². The monoisotopic (exact) mass is 273 g/mol. The summed E-state index contributed by atoms with van der Waals surface area (Å²) >= 11 is 0. The predicted molar refractivity (Wildman–Crippen MR) is 66.7 cm³/mol. The van der Waals surface area contributed by atoms with Crippen molar-refractivity contribution < 1.29 is 17.9 Å². The molecule has 5 heteroatoms. The van der Waals surface area contributed by atoms with Gasteiger partial charge in [0.15, 0.2) is 0 Å². The molecule has 1 fully saturated rings. The van der Waals surface area contributed by atoms with E-state index in [1.165, 1.54) is 12.1 Å². The van der Waals surface area contributed by atoms with E-state index in [0.717, 1.165) is 18.9 Å². The smallest absolute Gasteiger partial charge is 0.374 e. The molecule has 0 radical (unpaired) electrons. The molecule has 0 aliphatic carbocycles. The summed E-state index contributed by atoms with van der Waals surface area (Å²) in [6.07, 6.45) is -1.74. The standard InChI is InChI=1S/C14H18F3NO/c1-10-5-6-13(19-10)9-18-8-11-3-2-4-12(7-11)14(15,16)17/h2-4,7,10,13,18H,5-6,8-9H2,1H3. The molecule has 0 saturated carbocycles. The molecule has 2 atom stereocenters. The van der Waals surface area contributed by atoms with Gasteiger partial charge in [-0.15, -0.1) is 0 Å². The molecule has 1 aliphatic rings. The summed E-state index contributed by atoms with van der Waals surface area (Å²) in [5.41, 5.74) is 0.0402. The molecule has 1 heterocycles. The molecular weight excluding hydrogens is 255 g/mol. The lowest BCUT2D eigenvalue weighted by atomic mass is 10.1. The summed E-state index contributed by atoms with van der Waals surface area (Å²) in [5.74, 6) is 0. The third-order valence-corrected chi connectivity index (χ3v) is 3.28. The number of halogens is 3. The molecule has 1 saturated heterocycles. The van der Waals surface area contributed by atoms with Crippen LogP contribution in [0.3, 0.4) is 0 Å². The number of hydrogen-bond donors (Lipinski definition) is 1. The SMILES string of the molecule is CC1CCC(CNCc2cccc(C(F)(F)F)c2)O1. The van der Waals surface area contributed by atoms with Crippen molar-refractivity contribution in [3.05, 3.63) is 35.4 Å². The molecular formula is C14H18F3NO. The zero-order valence-corrected chi connectivity index (χ0v) is 10.8. The Kier molecular flexibility index (Phi) is 4.47. The van der Waals surface area contributed by atoms with Gasteiger partial charge in [-0.2, -0.15) is 13.2 Å². The van der Waals surface area contributed by atoms with E-state index >= 15 is 0 Å². The Morgan fingerprint density at radius 2 is 2.11 bits per heavy atom. The van der Waals surface area contributed by atoms with Gasteiger partial charge in [0.25, 0.3) is 0 Å². The maximum atomic E-state index is 12.5. The van der Waals surface area contributed by atoms with Gasteiger partial charge >= 0.3 is 6.18 Å². The Morgan fingerprint density at radius 1 is 1.32 bits per heavy atom. The minimum Gasteiger partial charge on any atom is -0.374 e. The molecule has 0 aromatic heterocycles. The van der Waals surface area contributed by atoms with Crippen molar-refractivity contribution in [3.63, 3.8) is 0 Å². The second-order valence-corrected chi connectivity index (χ2v) is 4.98. The van der Waals surface area contributed by atoms with Crippen molar-refractivity contribution in [3.8, 4) is 0 Å². The van der Waals surface area contributed by atoms with Gasteiger partial charge in [0.05, 0.1) is 17.8 Å². The van der Waals surface area contributed by atoms with Gasteiger partial charge in [-0.05, 0) is 31.4 Å². The maximum Gasteiger partial charge on any atom is 0.416 e. The largest absolute Gasteiger partial charge is 0.416 e. The number of alkyl halides is 3.